The molecule has 1 amide bonds. The van der Waals surface area contributed by atoms with E-state index in [1.54, 1.807) is 23.6 Å². The molecular weight excluding hydrogens is 575 g/mol. The maximum Gasteiger partial charge on any atom is 0.296 e. The van der Waals surface area contributed by atoms with Crippen molar-refractivity contribution >= 4 is 62.0 Å². The molecule has 0 saturated carbocycles. The standard InChI is InChI=1S/C31H25N3O4S3/c1-2-15-38-22-12-6-10-20(17-22)26-25(27(35)24-14-7-16-39-24)28(36)29(37)34(26)30-32-33-31(41-30)40-18-21-11-5-9-19-8-3-4-13-23(19)21/h3-14,16-17,26,36H,2,15,18H2,1H3. The largest absolute Gasteiger partial charge is 0.503 e. The van der Waals surface area contributed by atoms with Crippen LogP contribution in [0.2, 0.25) is 0 Å². The molecule has 0 spiro atoms. The van der Waals surface area contributed by atoms with Crippen LogP contribution in [0.3, 0.4) is 0 Å². The Morgan fingerprint density at radius 3 is 2.71 bits per heavy atom. The van der Waals surface area contributed by atoms with Crippen molar-refractivity contribution in [3.63, 3.8) is 0 Å². The van der Waals surface area contributed by atoms with Crippen molar-refractivity contribution in [2.75, 3.05) is 11.5 Å². The summed E-state index contributed by atoms with van der Waals surface area (Å²) in [7, 11) is 0. The summed E-state index contributed by atoms with van der Waals surface area (Å²) in [5.74, 6) is -0.358. The van der Waals surface area contributed by atoms with E-state index in [4.69, 9.17) is 4.74 Å². The SMILES string of the molecule is CCCOc1cccc(C2C(C(=O)c3cccs3)=C(O)C(=O)N2c2nnc(SCc3cccc4ccccc34)s2)c1. The van der Waals surface area contributed by atoms with Crippen LogP contribution >= 0.6 is 34.4 Å². The van der Waals surface area contributed by atoms with Crippen molar-refractivity contribution in [3.8, 4) is 5.75 Å². The molecule has 1 aliphatic heterocycles. The van der Waals surface area contributed by atoms with Gasteiger partial charge in [-0.1, -0.05) is 90.7 Å². The number of ether oxygens (including phenoxy) is 1. The molecule has 1 atom stereocenters. The number of rotatable bonds is 10. The first-order chi connectivity index (χ1) is 20.0. The Labute approximate surface area is 249 Å². The molecule has 1 aliphatic rings. The number of anilines is 1. The normalized spacial score (nSPS) is 15.2. The van der Waals surface area contributed by atoms with Crippen LogP contribution in [0, 0.1) is 0 Å². The highest BCUT2D eigenvalue weighted by Crippen LogP contribution is 2.45. The van der Waals surface area contributed by atoms with E-state index in [0.717, 1.165) is 6.42 Å². The van der Waals surface area contributed by atoms with Gasteiger partial charge in [0, 0.05) is 5.75 Å². The van der Waals surface area contributed by atoms with E-state index in [0.29, 0.717) is 38.0 Å². The average Bonchev–Trinajstić information content (AvgIpc) is 3.76. The summed E-state index contributed by atoms with van der Waals surface area (Å²) in [6.07, 6.45) is 0.838. The zero-order valence-electron chi connectivity index (χ0n) is 22.0. The fourth-order valence-electron chi connectivity index (χ4n) is 4.80. The lowest BCUT2D eigenvalue weighted by atomic mass is 9.95. The third-order valence-corrected chi connectivity index (χ3v) is 9.65. The lowest BCUT2D eigenvalue weighted by Crippen LogP contribution is -2.31. The van der Waals surface area contributed by atoms with Crippen LogP contribution in [-0.2, 0) is 10.5 Å². The Balaban J connectivity index is 1.33. The lowest BCUT2D eigenvalue weighted by molar-refractivity contribution is -0.117. The van der Waals surface area contributed by atoms with E-state index < -0.39 is 23.5 Å². The Hall–Kier alpha value is -3.99. The quantitative estimate of drug-likeness (QED) is 0.100. The summed E-state index contributed by atoms with van der Waals surface area (Å²) in [5.41, 5.74) is 1.83. The van der Waals surface area contributed by atoms with Gasteiger partial charge in [-0.3, -0.25) is 14.5 Å². The van der Waals surface area contributed by atoms with Gasteiger partial charge in [-0.25, -0.2) is 0 Å². The molecule has 0 bridgehead atoms. The van der Waals surface area contributed by atoms with Crippen LogP contribution < -0.4 is 9.64 Å². The second-order valence-corrected chi connectivity index (χ2v) is 12.5. The third kappa shape index (κ3) is 5.38. The number of Topliss-reactive ketones (excluding diaryl/α,β-unsaturated/α-hetero) is 1. The number of fused-ring (bicyclic) bond motifs is 1. The zero-order valence-corrected chi connectivity index (χ0v) is 24.5. The summed E-state index contributed by atoms with van der Waals surface area (Å²) in [6, 6.07) is 24.3. The summed E-state index contributed by atoms with van der Waals surface area (Å²) in [5, 5.41) is 24.2. The minimum absolute atomic E-state index is 0.0187. The number of thiophene rings is 1. The third-order valence-electron chi connectivity index (χ3n) is 6.68. The van der Waals surface area contributed by atoms with Crippen LogP contribution in [0.5, 0.6) is 5.75 Å². The zero-order chi connectivity index (χ0) is 28.3. The predicted octanol–water partition coefficient (Wildman–Crippen LogP) is 7.62. The summed E-state index contributed by atoms with van der Waals surface area (Å²) >= 11 is 4.05. The van der Waals surface area contributed by atoms with Gasteiger partial charge in [0.25, 0.3) is 5.91 Å². The molecule has 6 rings (SSSR count). The fourth-order valence-corrected chi connectivity index (χ4v) is 7.35. The van der Waals surface area contributed by atoms with Crippen molar-refractivity contribution in [3.05, 3.63) is 112 Å². The molecule has 0 radical (unpaired) electrons. The van der Waals surface area contributed by atoms with E-state index in [2.05, 4.69) is 34.5 Å². The van der Waals surface area contributed by atoms with Crippen molar-refractivity contribution in [2.45, 2.75) is 29.5 Å². The first-order valence-corrected chi connectivity index (χ1v) is 15.7. The number of hydrogen-bond donors (Lipinski definition) is 1. The molecule has 7 nitrogen and oxygen atoms in total. The molecule has 2 aromatic heterocycles. The van der Waals surface area contributed by atoms with E-state index in [1.807, 2.05) is 43.3 Å². The number of thioether (sulfide) groups is 1. The van der Waals surface area contributed by atoms with Gasteiger partial charge in [0.1, 0.15) is 5.75 Å². The molecule has 0 fully saturated rings. The number of hydrogen-bond acceptors (Lipinski definition) is 9. The topological polar surface area (TPSA) is 92.6 Å². The van der Waals surface area contributed by atoms with Crippen LogP contribution in [-0.4, -0.2) is 33.6 Å². The number of benzene rings is 3. The van der Waals surface area contributed by atoms with Gasteiger partial charge in [-0.05, 0) is 51.9 Å². The Kier molecular flexibility index (Phi) is 7.86. The second-order valence-electron chi connectivity index (χ2n) is 9.34. The summed E-state index contributed by atoms with van der Waals surface area (Å²) in [6.45, 7) is 2.55. The highest BCUT2D eigenvalue weighted by atomic mass is 32.2. The number of carbonyl (C=O) groups excluding carboxylic acids is 2. The number of aliphatic hydroxyl groups is 1. The van der Waals surface area contributed by atoms with Gasteiger partial charge in [0.05, 0.1) is 23.1 Å². The summed E-state index contributed by atoms with van der Waals surface area (Å²) in [4.78, 5) is 28.9. The Morgan fingerprint density at radius 1 is 1.05 bits per heavy atom. The minimum Gasteiger partial charge on any atom is -0.503 e. The number of aromatic nitrogens is 2. The molecular formula is C31H25N3O4S3. The van der Waals surface area contributed by atoms with Crippen molar-refractivity contribution in [2.24, 2.45) is 0 Å². The molecule has 3 aromatic carbocycles. The van der Waals surface area contributed by atoms with Crippen molar-refractivity contribution in [1.29, 1.82) is 0 Å². The van der Waals surface area contributed by atoms with Gasteiger partial charge >= 0.3 is 0 Å². The van der Waals surface area contributed by atoms with Crippen LogP contribution in [0.4, 0.5) is 5.13 Å². The Bertz CT molecular complexity index is 1760. The molecule has 0 aliphatic carbocycles. The van der Waals surface area contributed by atoms with Gasteiger partial charge in [-0.15, -0.1) is 21.5 Å². The fraction of sp³-hybridized carbons (Fsp3) is 0.161. The van der Waals surface area contributed by atoms with Gasteiger partial charge in [-0.2, -0.15) is 0 Å². The molecule has 41 heavy (non-hydrogen) atoms. The first-order valence-electron chi connectivity index (χ1n) is 13.1. The first kappa shape index (κ1) is 27.2. The summed E-state index contributed by atoms with van der Waals surface area (Å²) < 4.78 is 6.51. The Morgan fingerprint density at radius 2 is 1.88 bits per heavy atom. The van der Waals surface area contributed by atoms with E-state index in [9.17, 15) is 14.7 Å². The molecule has 5 aromatic rings. The number of amides is 1. The number of aliphatic hydroxyl groups excluding tert-OH is 1. The van der Waals surface area contributed by atoms with E-state index >= 15 is 0 Å². The van der Waals surface area contributed by atoms with E-state index in [-0.39, 0.29) is 5.57 Å². The maximum absolute atomic E-state index is 13.6. The van der Waals surface area contributed by atoms with Crippen LogP contribution in [0.1, 0.15) is 40.2 Å². The highest BCUT2D eigenvalue weighted by Gasteiger charge is 2.46. The van der Waals surface area contributed by atoms with Crippen molar-refractivity contribution in [1.82, 2.24) is 10.2 Å². The molecule has 3 heterocycles. The van der Waals surface area contributed by atoms with Gasteiger partial charge in [0.2, 0.25) is 10.9 Å². The maximum atomic E-state index is 13.6. The monoisotopic (exact) mass is 599 g/mol. The average molecular weight is 600 g/mol. The molecule has 1 N–H and O–H groups in total. The molecule has 0 saturated heterocycles. The van der Waals surface area contributed by atoms with Crippen LogP contribution in [0.15, 0.2) is 99.9 Å². The highest BCUT2D eigenvalue weighted by molar-refractivity contribution is 8.00. The van der Waals surface area contributed by atoms with Crippen LogP contribution in [0.25, 0.3) is 10.8 Å². The van der Waals surface area contributed by atoms with E-state index in [1.165, 1.54) is 55.7 Å². The molecule has 1 unspecified atom stereocenters. The smallest absolute Gasteiger partial charge is 0.296 e. The number of ketones is 1. The molecule has 10 heteroatoms. The number of nitrogens with zero attached hydrogens (tertiary/aromatic N) is 3. The minimum atomic E-state index is -0.883. The lowest BCUT2D eigenvalue weighted by Gasteiger charge is -2.24. The van der Waals surface area contributed by atoms with Gasteiger partial charge < -0.3 is 9.84 Å². The van der Waals surface area contributed by atoms with Crippen molar-refractivity contribution < 1.29 is 19.4 Å². The van der Waals surface area contributed by atoms with Gasteiger partial charge in [0.15, 0.2) is 10.1 Å². The predicted molar refractivity (Wildman–Crippen MR) is 164 cm³/mol. The number of carbonyl (C=O) groups is 2. The second kappa shape index (κ2) is 11.9. The molecule has 206 valence electrons.